The summed E-state index contributed by atoms with van der Waals surface area (Å²) in [4.78, 5) is 25.2. The van der Waals surface area contributed by atoms with Crippen LogP contribution in [0.25, 0.3) is 0 Å². The zero-order chi connectivity index (χ0) is 14.1. The Kier molecular flexibility index (Phi) is 3.40. The molecular weight excluding hydrogens is 284 g/mol. The number of hydrogen-bond donors (Lipinski definition) is 1. The Morgan fingerprint density at radius 2 is 2.10 bits per heavy atom. The second-order valence-corrected chi connectivity index (χ2v) is 4.97. The van der Waals surface area contributed by atoms with Crippen LogP contribution in [0.15, 0.2) is 12.1 Å². The first-order chi connectivity index (χ1) is 9.65. The van der Waals surface area contributed by atoms with E-state index in [2.05, 4.69) is 5.32 Å². The molecule has 6 nitrogen and oxygen atoms in total. The van der Waals surface area contributed by atoms with Gasteiger partial charge in [-0.15, -0.1) is 0 Å². The van der Waals surface area contributed by atoms with E-state index in [4.69, 9.17) is 21.1 Å². The van der Waals surface area contributed by atoms with Gasteiger partial charge in [-0.25, -0.2) is 0 Å². The highest BCUT2D eigenvalue weighted by Crippen LogP contribution is 2.38. The second-order valence-electron chi connectivity index (χ2n) is 4.56. The molecule has 0 atom stereocenters. The number of carbonyl (C=O) groups excluding carboxylic acids is 2. The van der Waals surface area contributed by atoms with Crippen LogP contribution in [-0.2, 0) is 4.79 Å². The Hall–Kier alpha value is -1.95. The summed E-state index contributed by atoms with van der Waals surface area (Å²) in [5.74, 6) is 0.534. The number of benzene rings is 1. The lowest BCUT2D eigenvalue weighted by atomic mass is 10.1. The van der Waals surface area contributed by atoms with Crippen LogP contribution in [0.5, 0.6) is 11.5 Å². The lowest BCUT2D eigenvalue weighted by Crippen LogP contribution is -2.49. The van der Waals surface area contributed by atoms with Crippen molar-refractivity contribution in [1.29, 1.82) is 0 Å². The van der Waals surface area contributed by atoms with Crippen LogP contribution >= 0.6 is 11.6 Å². The Labute approximate surface area is 120 Å². The predicted octanol–water partition coefficient (Wildman–Crippen LogP) is 0.683. The molecule has 0 unspecified atom stereocenters. The van der Waals surface area contributed by atoms with Crippen LogP contribution in [0.1, 0.15) is 10.4 Å². The third-order valence-corrected chi connectivity index (χ3v) is 3.45. The first-order valence-electron chi connectivity index (χ1n) is 6.30. The van der Waals surface area contributed by atoms with Crippen LogP contribution in [-0.4, -0.2) is 49.6 Å². The Balaban J connectivity index is 1.88. The van der Waals surface area contributed by atoms with Gasteiger partial charge >= 0.3 is 0 Å². The fourth-order valence-electron chi connectivity index (χ4n) is 2.23. The van der Waals surface area contributed by atoms with Gasteiger partial charge in [-0.05, 0) is 12.1 Å². The molecule has 0 spiro atoms. The summed E-state index contributed by atoms with van der Waals surface area (Å²) in [7, 11) is 0. The molecular formula is C13H13ClN2O4. The molecule has 1 saturated heterocycles. The van der Waals surface area contributed by atoms with Gasteiger partial charge in [-0.3, -0.25) is 9.59 Å². The summed E-state index contributed by atoms with van der Waals surface area (Å²) < 4.78 is 10.8. The fraction of sp³-hybridized carbons (Fsp3) is 0.385. The fourth-order valence-corrected chi connectivity index (χ4v) is 2.49. The highest BCUT2D eigenvalue weighted by atomic mass is 35.5. The van der Waals surface area contributed by atoms with Gasteiger partial charge in [0.05, 0.1) is 11.6 Å². The topological polar surface area (TPSA) is 67.9 Å². The van der Waals surface area contributed by atoms with E-state index in [1.165, 1.54) is 4.90 Å². The average molecular weight is 297 g/mol. The molecule has 2 aliphatic rings. The zero-order valence-corrected chi connectivity index (χ0v) is 11.4. The Morgan fingerprint density at radius 3 is 2.90 bits per heavy atom. The van der Waals surface area contributed by atoms with E-state index in [0.29, 0.717) is 48.4 Å². The number of ether oxygens (including phenoxy) is 2. The first kappa shape index (κ1) is 13.1. The number of carbonyl (C=O) groups is 2. The minimum atomic E-state index is -0.237. The quantitative estimate of drug-likeness (QED) is 0.828. The maximum atomic E-state index is 12.4. The summed E-state index contributed by atoms with van der Waals surface area (Å²) in [6, 6.07) is 3.15. The summed E-state index contributed by atoms with van der Waals surface area (Å²) in [5.41, 5.74) is 0.397. The lowest BCUT2D eigenvalue weighted by molar-refractivity contribution is -0.123. The molecule has 106 valence electrons. The van der Waals surface area contributed by atoms with Crippen LogP contribution in [0.3, 0.4) is 0 Å². The molecule has 0 aliphatic carbocycles. The monoisotopic (exact) mass is 296 g/mol. The van der Waals surface area contributed by atoms with Gasteiger partial charge in [0, 0.05) is 18.7 Å². The van der Waals surface area contributed by atoms with Crippen LogP contribution in [0.4, 0.5) is 0 Å². The number of amides is 2. The van der Waals surface area contributed by atoms with Gasteiger partial charge in [0.15, 0.2) is 11.5 Å². The van der Waals surface area contributed by atoms with Crippen molar-refractivity contribution in [3.8, 4) is 11.5 Å². The molecule has 1 fully saturated rings. The van der Waals surface area contributed by atoms with Gasteiger partial charge < -0.3 is 19.7 Å². The molecule has 0 radical (unpaired) electrons. The highest BCUT2D eigenvalue weighted by molar-refractivity contribution is 6.32. The minimum absolute atomic E-state index is 0.0604. The molecule has 2 heterocycles. The second kappa shape index (κ2) is 5.20. The number of hydrogen-bond acceptors (Lipinski definition) is 4. The van der Waals surface area contributed by atoms with Crippen molar-refractivity contribution in [2.45, 2.75) is 0 Å². The molecule has 0 aromatic heterocycles. The molecule has 7 heteroatoms. The van der Waals surface area contributed by atoms with Crippen molar-refractivity contribution in [2.75, 3.05) is 32.8 Å². The van der Waals surface area contributed by atoms with E-state index in [1.807, 2.05) is 0 Å². The number of nitrogens with one attached hydrogen (secondary N) is 1. The maximum Gasteiger partial charge on any atom is 0.254 e. The number of nitrogens with zero attached hydrogens (tertiary/aromatic N) is 1. The van der Waals surface area contributed by atoms with Gasteiger partial charge in [-0.2, -0.15) is 0 Å². The molecule has 2 amide bonds. The van der Waals surface area contributed by atoms with Gasteiger partial charge in [0.2, 0.25) is 5.91 Å². The third-order valence-electron chi connectivity index (χ3n) is 3.17. The number of piperazine rings is 1. The molecule has 1 aromatic carbocycles. The SMILES string of the molecule is O=C1CN(C(=O)c2cc(Cl)c3c(c2)OCCO3)CCN1. The largest absolute Gasteiger partial charge is 0.486 e. The van der Waals surface area contributed by atoms with Crippen LogP contribution < -0.4 is 14.8 Å². The van der Waals surface area contributed by atoms with E-state index in [9.17, 15) is 9.59 Å². The first-order valence-corrected chi connectivity index (χ1v) is 6.68. The van der Waals surface area contributed by atoms with E-state index in [-0.39, 0.29) is 18.4 Å². The third kappa shape index (κ3) is 2.38. The summed E-state index contributed by atoms with van der Waals surface area (Å²) >= 11 is 6.10. The number of fused-ring (bicyclic) bond motifs is 1. The Bertz CT molecular complexity index is 576. The molecule has 2 aliphatic heterocycles. The lowest BCUT2D eigenvalue weighted by Gasteiger charge is -2.27. The average Bonchev–Trinajstić information content (AvgIpc) is 2.46. The van der Waals surface area contributed by atoms with Crippen molar-refractivity contribution in [2.24, 2.45) is 0 Å². The maximum absolute atomic E-state index is 12.4. The van der Waals surface area contributed by atoms with Gasteiger partial charge in [0.1, 0.15) is 13.2 Å². The van der Waals surface area contributed by atoms with Crippen molar-refractivity contribution in [3.63, 3.8) is 0 Å². The summed E-state index contributed by atoms with van der Waals surface area (Å²) in [6.07, 6.45) is 0. The van der Waals surface area contributed by atoms with Crippen molar-refractivity contribution >= 4 is 23.4 Å². The summed E-state index contributed by atoms with van der Waals surface area (Å²) in [5, 5.41) is 3.02. The van der Waals surface area contributed by atoms with E-state index < -0.39 is 0 Å². The van der Waals surface area contributed by atoms with E-state index in [1.54, 1.807) is 12.1 Å². The highest BCUT2D eigenvalue weighted by Gasteiger charge is 2.25. The molecule has 0 saturated carbocycles. The molecule has 1 N–H and O–H groups in total. The molecule has 20 heavy (non-hydrogen) atoms. The van der Waals surface area contributed by atoms with Crippen LogP contribution in [0.2, 0.25) is 5.02 Å². The van der Waals surface area contributed by atoms with E-state index in [0.717, 1.165) is 0 Å². The number of rotatable bonds is 1. The van der Waals surface area contributed by atoms with Crippen molar-refractivity contribution in [1.82, 2.24) is 10.2 Å². The van der Waals surface area contributed by atoms with Crippen molar-refractivity contribution in [3.05, 3.63) is 22.7 Å². The molecule has 3 rings (SSSR count). The Morgan fingerprint density at radius 1 is 1.30 bits per heavy atom. The minimum Gasteiger partial charge on any atom is -0.486 e. The zero-order valence-electron chi connectivity index (χ0n) is 10.6. The summed E-state index contributed by atoms with van der Waals surface area (Å²) in [6.45, 7) is 1.86. The van der Waals surface area contributed by atoms with Gasteiger partial charge in [-0.1, -0.05) is 11.6 Å². The normalized spacial score (nSPS) is 17.6. The standard InChI is InChI=1S/C13H13ClN2O4/c14-9-5-8(6-10-12(9)20-4-3-19-10)13(18)16-2-1-15-11(17)7-16/h5-6H,1-4,7H2,(H,15,17). The van der Waals surface area contributed by atoms with Gasteiger partial charge in [0.25, 0.3) is 5.91 Å². The smallest absolute Gasteiger partial charge is 0.254 e. The number of halogens is 1. The van der Waals surface area contributed by atoms with Crippen molar-refractivity contribution < 1.29 is 19.1 Å². The van der Waals surface area contributed by atoms with Crippen LogP contribution in [0, 0.1) is 0 Å². The molecule has 1 aromatic rings. The predicted molar refractivity (Wildman–Crippen MR) is 71.4 cm³/mol. The molecule has 0 bridgehead atoms. The van der Waals surface area contributed by atoms with E-state index >= 15 is 0 Å².